The number of rotatable bonds is 5. The van der Waals surface area contributed by atoms with Crippen molar-refractivity contribution in [1.29, 1.82) is 0 Å². The molecule has 7 nitrogen and oxygen atoms in total. The van der Waals surface area contributed by atoms with E-state index in [1.165, 1.54) is 48.5 Å². The maximum atomic E-state index is 13.9. The number of halogens is 3. The molecular weight excluding hydrogens is 452 g/mol. The summed E-state index contributed by atoms with van der Waals surface area (Å²) in [5.74, 6) is -3.59. The van der Waals surface area contributed by atoms with Gasteiger partial charge in [-0.05, 0) is 42.5 Å². The summed E-state index contributed by atoms with van der Waals surface area (Å²) in [5.41, 5.74) is -0.986. The van der Waals surface area contributed by atoms with Gasteiger partial charge in [0.1, 0.15) is 22.1 Å². The van der Waals surface area contributed by atoms with Gasteiger partial charge in [-0.15, -0.1) is 0 Å². The molecule has 0 fully saturated rings. The fraction of sp³-hybridized carbons (Fsp3) is 0. The molecule has 0 atom stereocenters. The number of nitro groups is 1. The Morgan fingerprint density at radius 3 is 2.19 bits per heavy atom. The van der Waals surface area contributed by atoms with Gasteiger partial charge in [-0.2, -0.15) is 0 Å². The van der Waals surface area contributed by atoms with Crippen LogP contribution in [0.5, 0.6) is 0 Å². The van der Waals surface area contributed by atoms with Gasteiger partial charge in [-0.1, -0.05) is 29.8 Å². The quantitative estimate of drug-likeness (QED) is 0.302. The summed E-state index contributed by atoms with van der Waals surface area (Å²) >= 11 is 6.52. The number of carbonyl (C=O) groups is 2. The molecule has 0 saturated heterocycles. The molecule has 0 aromatic heterocycles. The second-order valence-corrected chi connectivity index (χ2v) is 7.37. The van der Waals surface area contributed by atoms with Gasteiger partial charge in [0, 0.05) is 23.0 Å². The monoisotopic (exact) mass is 463 g/mol. The SMILES string of the molecule is O=C(NC(=O)N(Sc1ccccc1[N+](=O)[O-])c1ccc(Cl)cc1)c1c(F)cccc1F. The number of para-hydroxylation sites is 1. The van der Waals surface area contributed by atoms with E-state index in [1.807, 2.05) is 5.32 Å². The van der Waals surface area contributed by atoms with Crippen molar-refractivity contribution >= 4 is 46.9 Å². The predicted octanol–water partition coefficient (Wildman–Crippen LogP) is 5.59. The van der Waals surface area contributed by atoms with Crippen molar-refractivity contribution in [2.75, 3.05) is 4.31 Å². The smallest absolute Gasteiger partial charge is 0.273 e. The molecule has 0 radical (unpaired) electrons. The van der Waals surface area contributed by atoms with Crippen molar-refractivity contribution in [3.05, 3.63) is 99.1 Å². The van der Waals surface area contributed by atoms with Gasteiger partial charge >= 0.3 is 6.03 Å². The number of imide groups is 1. The minimum absolute atomic E-state index is 0.0992. The molecule has 0 spiro atoms. The Kier molecular flexibility index (Phi) is 6.83. The molecule has 158 valence electrons. The molecule has 0 saturated carbocycles. The van der Waals surface area contributed by atoms with Crippen LogP contribution in [0.3, 0.4) is 0 Å². The van der Waals surface area contributed by atoms with Crippen LogP contribution in [0.2, 0.25) is 5.02 Å². The first-order valence-corrected chi connectivity index (χ1v) is 9.69. The number of hydrogen-bond acceptors (Lipinski definition) is 5. The first-order chi connectivity index (χ1) is 14.8. The summed E-state index contributed by atoms with van der Waals surface area (Å²) in [6.07, 6.45) is 0. The second-order valence-electron chi connectivity index (χ2n) is 5.94. The molecule has 0 bridgehead atoms. The van der Waals surface area contributed by atoms with Crippen LogP contribution in [-0.4, -0.2) is 16.9 Å². The summed E-state index contributed by atoms with van der Waals surface area (Å²) in [6.45, 7) is 0. The number of benzene rings is 3. The fourth-order valence-corrected chi connectivity index (χ4v) is 3.55. The molecule has 0 aliphatic heterocycles. The lowest BCUT2D eigenvalue weighted by Gasteiger charge is -2.21. The van der Waals surface area contributed by atoms with E-state index in [0.717, 1.165) is 22.5 Å². The van der Waals surface area contributed by atoms with Gasteiger partial charge in [0.2, 0.25) is 0 Å². The molecule has 3 aromatic rings. The molecule has 11 heteroatoms. The lowest BCUT2D eigenvalue weighted by Crippen LogP contribution is -2.40. The Labute approximate surface area is 183 Å². The van der Waals surface area contributed by atoms with Crippen LogP contribution < -0.4 is 9.62 Å². The first kappa shape index (κ1) is 22.2. The number of urea groups is 1. The average Bonchev–Trinajstić information content (AvgIpc) is 2.72. The second kappa shape index (κ2) is 9.54. The topological polar surface area (TPSA) is 92.6 Å². The van der Waals surface area contributed by atoms with Crippen LogP contribution in [-0.2, 0) is 0 Å². The molecule has 0 aliphatic rings. The summed E-state index contributed by atoms with van der Waals surface area (Å²) in [5, 5.41) is 13.6. The number of nitro benzene ring substituents is 1. The van der Waals surface area contributed by atoms with Crippen LogP contribution in [0.25, 0.3) is 0 Å². The van der Waals surface area contributed by atoms with Crippen molar-refractivity contribution in [1.82, 2.24) is 5.32 Å². The standard InChI is InChI=1S/C20H12ClF2N3O4S/c21-12-8-10-13(11-9-12)25(31-17-7-2-1-6-16(17)26(29)30)20(28)24-19(27)18-14(22)4-3-5-15(18)23/h1-11H,(H,24,27,28). The number of nitrogens with zero attached hydrogens (tertiary/aromatic N) is 2. The fourth-order valence-electron chi connectivity index (χ4n) is 2.50. The lowest BCUT2D eigenvalue weighted by atomic mass is 10.2. The zero-order chi connectivity index (χ0) is 22.5. The average molecular weight is 464 g/mol. The Morgan fingerprint density at radius 2 is 1.58 bits per heavy atom. The van der Waals surface area contributed by atoms with Gasteiger partial charge in [0.25, 0.3) is 11.6 Å². The van der Waals surface area contributed by atoms with E-state index in [-0.39, 0.29) is 16.3 Å². The Hall–Kier alpha value is -3.50. The normalized spacial score (nSPS) is 10.4. The number of hydrogen-bond donors (Lipinski definition) is 1. The summed E-state index contributed by atoms with van der Waals surface area (Å²) in [6, 6.07) is 13.2. The Balaban J connectivity index is 1.95. The minimum atomic E-state index is -1.30. The third-order valence-corrected chi connectivity index (χ3v) is 5.26. The summed E-state index contributed by atoms with van der Waals surface area (Å²) in [4.78, 5) is 36.0. The van der Waals surface area contributed by atoms with Crippen LogP contribution in [0.4, 0.5) is 25.0 Å². The van der Waals surface area contributed by atoms with Crippen LogP contribution in [0.1, 0.15) is 10.4 Å². The van der Waals surface area contributed by atoms with Crippen molar-refractivity contribution in [2.45, 2.75) is 4.90 Å². The minimum Gasteiger partial charge on any atom is -0.273 e. The molecule has 3 aromatic carbocycles. The third kappa shape index (κ3) is 5.16. The maximum Gasteiger partial charge on any atom is 0.339 e. The van der Waals surface area contributed by atoms with Crippen LogP contribution >= 0.6 is 23.5 Å². The van der Waals surface area contributed by atoms with Gasteiger partial charge in [-0.25, -0.2) is 17.9 Å². The van der Waals surface area contributed by atoms with Gasteiger partial charge in [0.15, 0.2) is 0 Å². The van der Waals surface area contributed by atoms with Crippen LogP contribution in [0, 0.1) is 21.7 Å². The largest absolute Gasteiger partial charge is 0.339 e. The van der Waals surface area contributed by atoms with Gasteiger partial charge in [-0.3, -0.25) is 20.2 Å². The highest BCUT2D eigenvalue weighted by molar-refractivity contribution is 8.01. The molecule has 3 amide bonds. The molecule has 3 rings (SSSR count). The van der Waals surface area contributed by atoms with Crippen molar-refractivity contribution in [3.63, 3.8) is 0 Å². The van der Waals surface area contributed by atoms with E-state index >= 15 is 0 Å². The highest BCUT2D eigenvalue weighted by Crippen LogP contribution is 2.35. The molecule has 31 heavy (non-hydrogen) atoms. The van der Waals surface area contributed by atoms with Crippen LogP contribution in [0.15, 0.2) is 71.6 Å². The zero-order valence-corrected chi connectivity index (χ0v) is 17.0. The van der Waals surface area contributed by atoms with Crippen molar-refractivity contribution < 1.29 is 23.3 Å². The maximum absolute atomic E-state index is 13.9. The van der Waals surface area contributed by atoms with E-state index < -0.39 is 34.1 Å². The predicted molar refractivity (Wildman–Crippen MR) is 112 cm³/mol. The number of carbonyl (C=O) groups excluding carboxylic acids is 2. The molecule has 0 unspecified atom stereocenters. The number of nitrogens with one attached hydrogen (secondary N) is 1. The van der Waals surface area contributed by atoms with E-state index in [9.17, 15) is 28.5 Å². The number of amides is 3. The zero-order valence-electron chi connectivity index (χ0n) is 15.4. The Morgan fingerprint density at radius 1 is 0.968 bits per heavy atom. The highest BCUT2D eigenvalue weighted by Gasteiger charge is 2.26. The van der Waals surface area contributed by atoms with E-state index in [2.05, 4.69) is 0 Å². The first-order valence-electron chi connectivity index (χ1n) is 8.54. The lowest BCUT2D eigenvalue weighted by molar-refractivity contribution is -0.387. The number of anilines is 1. The highest BCUT2D eigenvalue weighted by atomic mass is 35.5. The van der Waals surface area contributed by atoms with Gasteiger partial charge in [0.05, 0.1) is 10.6 Å². The summed E-state index contributed by atoms with van der Waals surface area (Å²) in [7, 11) is 0. The third-order valence-electron chi connectivity index (χ3n) is 3.91. The Bertz CT molecular complexity index is 1140. The summed E-state index contributed by atoms with van der Waals surface area (Å²) < 4.78 is 28.7. The van der Waals surface area contributed by atoms with E-state index in [4.69, 9.17) is 11.6 Å². The molecule has 0 heterocycles. The van der Waals surface area contributed by atoms with Crippen molar-refractivity contribution in [2.24, 2.45) is 0 Å². The van der Waals surface area contributed by atoms with Crippen molar-refractivity contribution in [3.8, 4) is 0 Å². The molecule has 1 N–H and O–H groups in total. The van der Waals surface area contributed by atoms with E-state index in [1.54, 1.807) is 0 Å². The van der Waals surface area contributed by atoms with Gasteiger partial charge < -0.3 is 0 Å². The van der Waals surface area contributed by atoms with E-state index in [0.29, 0.717) is 17.0 Å². The molecular formula is C20H12ClF2N3O4S. The molecule has 0 aliphatic carbocycles.